The lowest BCUT2D eigenvalue weighted by Crippen LogP contribution is -2.31. The van der Waals surface area contributed by atoms with Crippen molar-refractivity contribution in [2.24, 2.45) is 0 Å². The summed E-state index contributed by atoms with van der Waals surface area (Å²) in [5.74, 6) is -0.961. The van der Waals surface area contributed by atoms with Crippen LogP contribution in [0.2, 0.25) is 0 Å². The second-order valence-corrected chi connectivity index (χ2v) is 2.44. The Morgan fingerprint density at radius 3 is 2.45 bits per heavy atom. The molecule has 0 bridgehead atoms. The number of hydrogen-bond donors (Lipinski definition) is 0. The number of rotatable bonds is 3. The van der Waals surface area contributed by atoms with Crippen LogP contribution >= 0.6 is 0 Å². The van der Waals surface area contributed by atoms with Gasteiger partial charge in [0, 0.05) is 0 Å². The standard InChI is InChI=1S/C8H10O3/c1-2-3-4-5-6-7(9)11-8(6)10/h5H,2-4H2,1H3. The molecular formula is C8H10O3. The summed E-state index contributed by atoms with van der Waals surface area (Å²) < 4.78 is 4.14. The third-order valence-corrected chi connectivity index (χ3v) is 1.53. The minimum absolute atomic E-state index is 0.221. The van der Waals surface area contributed by atoms with Crippen LogP contribution in [-0.2, 0) is 14.3 Å². The molecule has 0 saturated carbocycles. The first-order valence-electron chi connectivity index (χ1n) is 3.72. The average Bonchev–Trinajstić information content (AvgIpc) is 1.98. The van der Waals surface area contributed by atoms with E-state index in [2.05, 4.69) is 11.7 Å². The van der Waals surface area contributed by atoms with Gasteiger partial charge in [0.05, 0.1) is 0 Å². The molecule has 0 unspecified atom stereocenters. The Hall–Kier alpha value is -1.12. The van der Waals surface area contributed by atoms with Crippen LogP contribution in [0.5, 0.6) is 0 Å². The smallest absolute Gasteiger partial charge is 0.353 e. The molecule has 0 N–H and O–H groups in total. The van der Waals surface area contributed by atoms with Gasteiger partial charge in [-0.05, 0) is 6.42 Å². The lowest BCUT2D eigenvalue weighted by atomic mass is 10.1. The SMILES string of the molecule is CCCCC=C1C(=O)OC1=O. The van der Waals surface area contributed by atoms with Gasteiger partial charge in [0.1, 0.15) is 5.57 Å². The van der Waals surface area contributed by atoms with E-state index < -0.39 is 11.9 Å². The molecular weight excluding hydrogens is 144 g/mol. The quantitative estimate of drug-likeness (QED) is 0.201. The predicted octanol–water partition coefficient (Wildman–Crippen LogP) is 1.19. The molecule has 0 aliphatic carbocycles. The summed E-state index contributed by atoms with van der Waals surface area (Å²) >= 11 is 0. The van der Waals surface area contributed by atoms with Crippen LogP contribution < -0.4 is 0 Å². The zero-order chi connectivity index (χ0) is 8.27. The third-order valence-electron chi connectivity index (χ3n) is 1.53. The normalized spacial score (nSPS) is 15.9. The maximum absolute atomic E-state index is 10.5. The predicted molar refractivity (Wildman–Crippen MR) is 38.7 cm³/mol. The summed E-state index contributed by atoms with van der Waals surface area (Å²) in [5.41, 5.74) is 0.221. The second-order valence-electron chi connectivity index (χ2n) is 2.44. The van der Waals surface area contributed by atoms with Crippen LogP contribution in [0.15, 0.2) is 11.6 Å². The number of cyclic esters (lactones) is 2. The topological polar surface area (TPSA) is 43.4 Å². The molecule has 0 spiro atoms. The van der Waals surface area contributed by atoms with E-state index in [4.69, 9.17) is 0 Å². The van der Waals surface area contributed by atoms with Gasteiger partial charge in [-0.25, -0.2) is 9.59 Å². The van der Waals surface area contributed by atoms with E-state index in [0.29, 0.717) is 0 Å². The first-order valence-corrected chi connectivity index (χ1v) is 3.72. The van der Waals surface area contributed by atoms with Crippen LogP contribution in [-0.4, -0.2) is 11.9 Å². The maximum Gasteiger partial charge on any atom is 0.353 e. The Morgan fingerprint density at radius 2 is 2.00 bits per heavy atom. The molecule has 1 rings (SSSR count). The van der Waals surface area contributed by atoms with Gasteiger partial charge >= 0.3 is 11.9 Å². The van der Waals surface area contributed by atoms with Crippen molar-refractivity contribution in [2.75, 3.05) is 0 Å². The molecule has 1 saturated heterocycles. The minimum Gasteiger partial charge on any atom is -0.385 e. The van der Waals surface area contributed by atoms with Gasteiger partial charge in [-0.2, -0.15) is 0 Å². The number of unbranched alkanes of at least 4 members (excludes halogenated alkanes) is 2. The lowest BCUT2D eigenvalue weighted by Gasteiger charge is -2.12. The van der Waals surface area contributed by atoms with Gasteiger partial charge in [0.2, 0.25) is 0 Å². The first-order chi connectivity index (χ1) is 5.25. The van der Waals surface area contributed by atoms with E-state index >= 15 is 0 Å². The number of ether oxygens (including phenoxy) is 1. The molecule has 0 atom stereocenters. The molecule has 1 heterocycles. The van der Waals surface area contributed by atoms with Crippen molar-refractivity contribution in [3.8, 4) is 0 Å². The first kappa shape index (κ1) is 7.98. The minimum atomic E-state index is -0.480. The molecule has 11 heavy (non-hydrogen) atoms. The number of hydrogen-bond acceptors (Lipinski definition) is 3. The van der Waals surface area contributed by atoms with Gasteiger partial charge in [-0.15, -0.1) is 0 Å². The Bertz CT molecular complexity index is 199. The molecule has 60 valence electrons. The van der Waals surface area contributed by atoms with Crippen LogP contribution in [0.3, 0.4) is 0 Å². The molecule has 1 aliphatic heterocycles. The van der Waals surface area contributed by atoms with Gasteiger partial charge in [0.15, 0.2) is 0 Å². The summed E-state index contributed by atoms with van der Waals surface area (Å²) in [6.07, 6.45) is 4.50. The number of allylic oxidation sites excluding steroid dienone is 1. The van der Waals surface area contributed by atoms with Gasteiger partial charge < -0.3 is 4.74 Å². The van der Waals surface area contributed by atoms with Crippen LogP contribution in [0.25, 0.3) is 0 Å². The second kappa shape index (κ2) is 3.32. The van der Waals surface area contributed by atoms with Crippen molar-refractivity contribution in [1.29, 1.82) is 0 Å². The average molecular weight is 154 g/mol. The van der Waals surface area contributed by atoms with Gasteiger partial charge in [0.25, 0.3) is 0 Å². The Kier molecular flexibility index (Phi) is 2.41. The highest BCUT2D eigenvalue weighted by molar-refractivity contribution is 6.26. The summed E-state index contributed by atoms with van der Waals surface area (Å²) in [5, 5.41) is 0. The highest BCUT2D eigenvalue weighted by atomic mass is 16.6. The van der Waals surface area contributed by atoms with E-state index in [0.717, 1.165) is 19.3 Å². The largest absolute Gasteiger partial charge is 0.385 e. The fourth-order valence-electron chi connectivity index (χ4n) is 0.848. The molecule has 1 fully saturated rings. The summed E-state index contributed by atoms with van der Waals surface area (Å²) in [6, 6.07) is 0. The van der Waals surface area contributed by atoms with Crippen molar-refractivity contribution in [3.63, 3.8) is 0 Å². The molecule has 1 aliphatic rings. The van der Waals surface area contributed by atoms with Crippen LogP contribution in [0, 0.1) is 0 Å². The summed E-state index contributed by atoms with van der Waals surface area (Å²) in [7, 11) is 0. The maximum atomic E-state index is 10.5. The summed E-state index contributed by atoms with van der Waals surface area (Å²) in [6.45, 7) is 2.05. The summed E-state index contributed by atoms with van der Waals surface area (Å²) in [4.78, 5) is 21.0. The number of carbonyl (C=O) groups excluding carboxylic acids is 2. The van der Waals surface area contributed by atoms with E-state index in [1.54, 1.807) is 6.08 Å². The van der Waals surface area contributed by atoms with Gasteiger partial charge in [-0.3, -0.25) is 0 Å². The number of esters is 2. The Morgan fingerprint density at radius 1 is 1.36 bits per heavy atom. The van der Waals surface area contributed by atoms with Crippen molar-refractivity contribution in [2.45, 2.75) is 26.2 Å². The fraction of sp³-hybridized carbons (Fsp3) is 0.500. The molecule has 0 aromatic heterocycles. The van der Waals surface area contributed by atoms with Crippen molar-refractivity contribution in [1.82, 2.24) is 0 Å². The zero-order valence-corrected chi connectivity index (χ0v) is 6.42. The van der Waals surface area contributed by atoms with Crippen LogP contribution in [0.1, 0.15) is 26.2 Å². The zero-order valence-electron chi connectivity index (χ0n) is 6.42. The third kappa shape index (κ3) is 1.67. The molecule has 0 aromatic rings. The van der Waals surface area contributed by atoms with Crippen molar-refractivity contribution < 1.29 is 14.3 Å². The molecule has 0 amide bonds. The van der Waals surface area contributed by atoms with Crippen LogP contribution in [0.4, 0.5) is 0 Å². The molecule has 0 radical (unpaired) electrons. The van der Waals surface area contributed by atoms with E-state index in [9.17, 15) is 9.59 Å². The highest BCUT2D eigenvalue weighted by Gasteiger charge is 2.33. The number of carbonyl (C=O) groups is 2. The monoisotopic (exact) mass is 154 g/mol. The van der Waals surface area contributed by atoms with E-state index in [1.165, 1.54) is 0 Å². The van der Waals surface area contributed by atoms with Gasteiger partial charge in [-0.1, -0.05) is 25.8 Å². The molecule has 3 heteroatoms. The molecule has 3 nitrogen and oxygen atoms in total. The Balaban J connectivity index is 2.39. The van der Waals surface area contributed by atoms with E-state index in [1.807, 2.05) is 0 Å². The van der Waals surface area contributed by atoms with E-state index in [-0.39, 0.29) is 5.57 Å². The fourth-order valence-corrected chi connectivity index (χ4v) is 0.848. The molecule has 0 aromatic carbocycles. The lowest BCUT2D eigenvalue weighted by molar-refractivity contribution is -0.165. The van der Waals surface area contributed by atoms with Crippen molar-refractivity contribution >= 4 is 11.9 Å². The Labute approximate surface area is 65.0 Å². The highest BCUT2D eigenvalue weighted by Crippen LogP contribution is 2.14. The van der Waals surface area contributed by atoms with Crippen molar-refractivity contribution in [3.05, 3.63) is 11.6 Å².